The summed E-state index contributed by atoms with van der Waals surface area (Å²) in [4.78, 5) is 32.2. The quantitative estimate of drug-likeness (QED) is 0.446. The van der Waals surface area contributed by atoms with Crippen LogP contribution in [-0.4, -0.2) is 72.3 Å². The highest BCUT2D eigenvalue weighted by molar-refractivity contribution is 5.76. The molecule has 5 nitrogen and oxygen atoms in total. The van der Waals surface area contributed by atoms with Gasteiger partial charge in [-0.15, -0.1) is 0 Å². The Labute approximate surface area is 201 Å². The standard InChI is InChI=1S/C28H47N3O2/c1-4-7-26(32)31(21-23-11-12-24-20-25(23)28(24,2)3)19-16-29-14-17-30(18-15-29)27(33)13-10-22-8-5-6-9-22/h11,22,24-25H,4-10,12-21H2,1-3H3. The highest BCUT2D eigenvalue weighted by atomic mass is 16.2. The van der Waals surface area contributed by atoms with Gasteiger partial charge in [0.25, 0.3) is 0 Å². The molecule has 0 aromatic rings. The van der Waals surface area contributed by atoms with E-state index in [0.717, 1.165) is 76.9 Å². The summed E-state index contributed by atoms with van der Waals surface area (Å²) in [6.07, 6.45) is 13.7. The van der Waals surface area contributed by atoms with E-state index in [2.05, 4.69) is 41.5 Å². The summed E-state index contributed by atoms with van der Waals surface area (Å²) in [6.45, 7) is 13.0. The summed E-state index contributed by atoms with van der Waals surface area (Å²) in [5, 5.41) is 0. The van der Waals surface area contributed by atoms with Gasteiger partial charge in [-0.2, -0.15) is 0 Å². The second-order valence-electron chi connectivity index (χ2n) is 11.8. The molecular weight excluding hydrogens is 410 g/mol. The van der Waals surface area contributed by atoms with E-state index in [1.807, 2.05) is 0 Å². The van der Waals surface area contributed by atoms with Crippen molar-refractivity contribution in [2.75, 3.05) is 45.8 Å². The first-order valence-electron chi connectivity index (χ1n) is 13.8. The summed E-state index contributed by atoms with van der Waals surface area (Å²) in [6, 6.07) is 0. The largest absolute Gasteiger partial charge is 0.340 e. The summed E-state index contributed by atoms with van der Waals surface area (Å²) in [5.74, 6) is 2.94. The number of nitrogens with zero attached hydrogens (tertiary/aromatic N) is 3. The molecule has 0 radical (unpaired) electrons. The van der Waals surface area contributed by atoms with E-state index in [1.165, 1.54) is 44.1 Å². The van der Waals surface area contributed by atoms with Gasteiger partial charge in [-0.3, -0.25) is 14.5 Å². The van der Waals surface area contributed by atoms with E-state index in [-0.39, 0.29) is 0 Å². The van der Waals surface area contributed by atoms with Crippen LogP contribution < -0.4 is 0 Å². The zero-order chi connectivity index (χ0) is 23.4. The first kappa shape index (κ1) is 24.8. The Morgan fingerprint density at radius 3 is 2.45 bits per heavy atom. The van der Waals surface area contributed by atoms with Crippen LogP contribution in [0.2, 0.25) is 0 Å². The average Bonchev–Trinajstić information content (AvgIpc) is 3.34. The third-order valence-corrected chi connectivity index (χ3v) is 9.43. The number of amides is 2. The molecule has 5 heteroatoms. The summed E-state index contributed by atoms with van der Waals surface area (Å²) in [5.41, 5.74) is 1.91. The Morgan fingerprint density at radius 1 is 1.09 bits per heavy atom. The minimum absolute atomic E-state index is 0.304. The van der Waals surface area contributed by atoms with E-state index in [1.54, 1.807) is 0 Å². The Morgan fingerprint density at radius 2 is 1.82 bits per heavy atom. The number of rotatable bonds is 10. The minimum atomic E-state index is 0.304. The Bertz CT molecular complexity index is 717. The maximum atomic E-state index is 12.9. The minimum Gasteiger partial charge on any atom is -0.340 e. The van der Waals surface area contributed by atoms with Crippen LogP contribution in [0, 0.1) is 23.2 Å². The molecular formula is C28H47N3O2. The van der Waals surface area contributed by atoms with E-state index in [9.17, 15) is 9.59 Å². The van der Waals surface area contributed by atoms with Gasteiger partial charge in [0.15, 0.2) is 0 Å². The Kier molecular flexibility index (Phi) is 8.19. The highest BCUT2D eigenvalue weighted by Crippen LogP contribution is 2.59. The van der Waals surface area contributed by atoms with Crippen molar-refractivity contribution in [2.45, 2.75) is 85.0 Å². The SMILES string of the molecule is CCCC(=O)N(CCN1CCN(C(=O)CCC2CCCC2)CC1)CC1=CCC2CC1C2(C)C. The summed E-state index contributed by atoms with van der Waals surface area (Å²) in [7, 11) is 0. The van der Waals surface area contributed by atoms with Crippen LogP contribution in [-0.2, 0) is 9.59 Å². The Balaban J connectivity index is 1.22. The van der Waals surface area contributed by atoms with Crippen molar-refractivity contribution in [2.24, 2.45) is 23.2 Å². The van der Waals surface area contributed by atoms with Gasteiger partial charge in [-0.1, -0.05) is 58.1 Å². The molecule has 1 saturated heterocycles. The molecule has 2 atom stereocenters. The molecule has 33 heavy (non-hydrogen) atoms. The zero-order valence-corrected chi connectivity index (χ0v) is 21.5. The number of fused-ring (bicyclic) bond motifs is 1. The van der Waals surface area contributed by atoms with Crippen molar-refractivity contribution >= 4 is 11.8 Å². The predicted molar refractivity (Wildman–Crippen MR) is 134 cm³/mol. The maximum absolute atomic E-state index is 12.9. The molecule has 1 heterocycles. The molecule has 0 aromatic heterocycles. The highest BCUT2D eigenvalue weighted by Gasteiger charge is 2.51. The molecule has 2 bridgehead atoms. The fraction of sp³-hybridized carbons (Fsp3) is 0.857. The second kappa shape index (κ2) is 10.9. The van der Waals surface area contributed by atoms with Gasteiger partial charge in [0.1, 0.15) is 0 Å². The van der Waals surface area contributed by atoms with Crippen LogP contribution in [0.25, 0.3) is 0 Å². The number of hydrogen-bond acceptors (Lipinski definition) is 3. The topological polar surface area (TPSA) is 43.9 Å². The third-order valence-electron chi connectivity index (χ3n) is 9.43. The van der Waals surface area contributed by atoms with Crippen molar-refractivity contribution in [3.05, 3.63) is 11.6 Å². The molecule has 0 N–H and O–H groups in total. The fourth-order valence-electron chi connectivity index (χ4n) is 6.81. The van der Waals surface area contributed by atoms with Crippen molar-refractivity contribution in [3.63, 3.8) is 0 Å². The normalized spacial score (nSPS) is 27.2. The average molecular weight is 458 g/mol. The number of carbonyl (C=O) groups is 2. The van der Waals surface area contributed by atoms with Crippen LogP contribution >= 0.6 is 0 Å². The van der Waals surface area contributed by atoms with Gasteiger partial charge in [-0.25, -0.2) is 0 Å². The number of carbonyl (C=O) groups excluding carboxylic acids is 2. The first-order chi connectivity index (χ1) is 15.9. The molecule has 2 amide bonds. The van der Waals surface area contributed by atoms with Crippen molar-refractivity contribution in [1.29, 1.82) is 0 Å². The zero-order valence-electron chi connectivity index (χ0n) is 21.5. The lowest BCUT2D eigenvalue weighted by molar-refractivity contribution is -0.133. The van der Waals surface area contributed by atoms with Crippen molar-refractivity contribution in [3.8, 4) is 0 Å². The van der Waals surface area contributed by atoms with Crippen LogP contribution in [0.3, 0.4) is 0 Å². The smallest absolute Gasteiger partial charge is 0.222 e. The number of piperazine rings is 1. The molecule has 0 spiro atoms. The molecule has 2 unspecified atom stereocenters. The van der Waals surface area contributed by atoms with Gasteiger partial charge < -0.3 is 9.80 Å². The van der Waals surface area contributed by atoms with Gasteiger partial charge in [0.05, 0.1) is 0 Å². The van der Waals surface area contributed by atoms with E-state index >= 15 is 0 Å². The van der Waals surface area contributed by atoms with Crippen LogP contribution in [0.15, 0.2) is 11.6 Å². The van der Waals surface area contributed by atoms with Crippen LogP contribution in [0.1, 0.15) is 85.0 Å². The Hall–Kier alpha value is -1.36. The van der Waals surface area contributed by atoms with Gasteiger partial charge in [0.2, 0.25) is 11.8 Å². The van der Waals surface area contributed by atoms with Crippen LogP contribution in [0.4, 0.5) is 0 Å². The lowest BCUT2D eigenvalue weighted by atomic mass is 9.49. The number of allylic oxidation sites excluding steroid dienone is 1. The van der Waals surface area contributed by atoms with E-state index in [4.69, 9.17) is 0 Å². The molecule has 0 aromatic carbocycles. The van der Waals surface area contributed by atoms with Gasteiger partial charge in [0, 0.05) is 58.7 Å². The third kappa shape index (κ3) is 5.83. The van der Waals surface area contributed by atoms with E-state index < -0.39 is 0 Å². The summed E-state index contributed by atoms with van der Waals surface area (Å²) >= 11 is 0. The maximum Gasteiger partial charge on any atom is 0.222 e. The van der Waals surface area contributed by atoms with E-state index in [0.29, 0.717) is 29.6 Å². The van der Waals surface area contributed by atoms with Crippen LogP contribution in [0.5, 0.6) is 0 Å². The number of hydrogen-bond donors (Lipinski definition) is 0. The monoisotopic (exact) mass is 457 g/mol. The molecule has 186 valence electrons. The fourth-order valence-corrected chi connectivity index (χ4v) is 6.81. The molecule has 5 rings (SSSR count). The second-order valence-corrected chi connectivity index (χ2v) is 11.8. The lowest BCUT2D eigenvalue weighted by Gasteiger charge is -2.57. The molecule has 5 aliphatic rings. The van der Waals surface area contributed by atoms with Crippen molar-refractivity contribution < 1.29 is 9.59 Å². The molecule has 2 saturated carbocycles. The lowest BCUT2D eigenvalue weighted by Crippen LogP contribution is -2.52. The summed E-state index contributed by atoms with van der Waals surface area (Å²) < 4.78 is 0. The molecule has 3 fully saturated rings. The first-order valence-corrected chi connectivity index (χ1v) is 13.8. The predicted octanol–water partition coefficient (Wildman–Crippen LogP) is 4.72. The van der Waals surface area contributed by atoms with Gasteiger partial charge in [-0.05, 0) is 48.9 Å². The molecule has 1 aliphatic heterocycles. The van der Waals surface area contributed by atoms with Gasteiger partial charge >= 0.3 is 0 Å². The molecule has 4 aliphatic carbocycles. The van der Waals surface area contributed by atoms with Crippen molar-refractivity contribution in [1.82, 2.24) is 14.7 Å².